The number of rotatable bonds is 3. The van der Waals surface area contributed by atoms with Gasteiger partial charge in [-0.1, -0.05) is 53.0 Å². The molecule has 2 saturated heterocycles. The highest BCUT2D eigenvalue weighted by atomic mass is 35.6. The third-order valence-corrected chi connectivity index (χ3v) is 7.33. The molecule has 182 valence electrons. The summed E-state index contributed by atoms with van der Waals surface area (Å²) in [5, 5.41) is 15.0. The zero-order valence-corrected chi connectivity index (χ0v) is 21.5. The Hall–Kier alpha value is -1.10. The molecule has 4 atom stereocenters. The third kappa shape index (κ3) is 4.73. The molecule has 0 aliphatic carbocycles. The molecular formula is C21H26Cl3N3O5S. The van der Waals surface area contributed by atoms with E-state index in [1.54, 1.807) is 25.7 Å². The van der Waals surface area contributed by atoms with Crippen molar-refractivity contribution in [3.05, 3.63) is 29.8 Å². The lowest BCUT2D eigenvalue weighted by molar-refractivity contribution is -0.114. The maximum Gasteiger partial charge on any atom is 0.412 e. The van der Waals surface area contributed by atoms with E-state index in [1.165, 1.54) is 5.06 Å². The first-order valence-electron chi connectivity index (χ1n) is 10.5. The number of benzene rings is 1. The number of anilines is 1. The predicted molar refractivity (Wildman–Crippen MR) is 128 cm³/mol. The minimum absolute atomic E-state index is 0.168. The molecule has 3 heterocycles. The highest BCUT2D eigenvalue weighted by Gasteiger charge is 2.69. The molecule has 2 fully saturated rings. The van der Waals surface area contributed by atoms with Gasteiger partial charge < -0.3 is 20.0 Å². The number of amides is 1. The van der Waals surface area contributed by atoms with Gasteiger partial charge in [0.05, 0.1) is 17.5 Å². The van der Waals surface area contributed by atoms with Gasteiger partial charge in [0.15, 0.2) is 0 Å². The molecular weight excluding hydrogens is 513 g/mol. The molecule has 0 aromatic heterocycles. The number of carbonyl (C=O) groups is 2. The number of likely N-dealkylation sites (tertiary alicyclic amines) is 1. The van der Waals surface area contributed by atoms with Crippen LogP contribution in [0.25, 0.3) is 0 Å². The Bertz CT molecular complexity index is 940. The van der Waals surface area contributed by atoms with Crippen molar-refractivity contribution < 1.29 is 24.3 Å². The number of hydrogen-bond donors (Lipinski definition) is 2. The van der Waals surface area contributed by atoms with Gasteiger partial charge in [-0.15, -0.1) is 0 Å². The van der Waals surface area contributed by atoms with Gasteiger partial charge in [0, 0.05) is 18.0 Å². The molecule has 0 saturated carbocycles. The van der Waals surface area contributed by atoms with Crippen LogP contribution in [0.1, 0.15) is 32.8 Å². The fourth-order valence-electron chi connectivity index (χ4n) is 5.15. The summed E-state index contributed by atoms with van der Waals surface area (Å²) in [5.74, 6) is 0.168. The number of hydroxylamine groups is 2. The summed E-state index contributed by atoms with van der Waals surface area (Å²) in [5.41, 5.74) is 0.698. The van der Waals surface area contributed by atoms with Gasteiger partial charge in [0.2, 0.25) is 3.79 Å². The zero-order chi connectivity index (χ0) is 24.2. The SMILES string of the molecule is CC(C)(C)OC(=O)N1[C@@H](CSC(=O)OCC(Cl)(Cl)Cl)[C@@H]2N(O)CCC23c2ccccc2N[C@@H]13. The van der Waals surface area contributed by atoms with Crippen LogP contribution in [0, 0.1) is 0 Å². The molecule has 1 unspecified atom stereocenters. The number of nitrogens with zero attached hydrogens (tertiary/aromatic N) is 2. The smallest absolute Gasteiger partial charge is 0.412 e. The number of fused-ring (bicyclic) bond motifs is 1. The first-order chi connectivity index (χ1) is 15.3. The monoisotopic (exact) mass is 537 g/mol. The molecule has 1 amide bonds. The van der Waals surface area contributed by atoms with Gasteiger partial charge in [-0.05, 0) is 50.6 Å². The van der Waals surface area contributed by atoms with E-state index in [1.807, 2.05) is 24.3 Å². The fraction of sp³-hybridized carbons (Fsp3) is 0.619. The number of hydrogen-bond acceptors (Lipinski definition) is 8. The van der Waals surface area contributed by atoms with E-state index in [-0.39, 0.29) is 12.4 Å². The van der Waals surface area contributed by atoms with Crippen LogP contribution in [-0.4, -0.2) is 73.1 Å². The van der Waals surface area contributed by atoms with Crippen LogP contribution in [0.15, 0.2) is 24.3 Å². The Morgan fingerprint density at radius 3 is 2.64 bits per heavy atom. The minimum atomic E-state index is -1.71. The maximum atomic E-state index is 13.4. The van der Waals surface area contributed by atoms with Crippen molar-refractivity contribution >= 4 is 63.6 Å². The number of alkyl halides is 3. The van der Waals surface area contributed by atoms with Crippen molar-refractivity contribution in [1.29, 1.82) is 0 Å². The molecule has 3 aliphatic heterocycles. The molecule has 3 aliphatic rings. The van der Waals surface area contributed by atoms with Crippen LogP contribution in [0.2, 0.25) is 0 Å². The van der Waals surface area contributed by atoms with Crippen molar-refractivity contribution in [3.8, 4) is 0 Å². The van der Waals surface area contributed by atoms with Crippen molar-refractivity contribution in [3.63, 3.8) is 0 Å². The molecule has 2 N–H and O–H groups in total. The summed E-state index contributed by atoms with van der Waals surface area (Å²) in [6.07, 6.45) is -0.314. The second kappa shape index (κ2) is 8.84. The Morgan fingerprint density at radius 1 is 1.27 bits per heavy atom. The number of halogens is 3. The van der Waals surface area contributed by atoms with Gasteiger partial charge in [-0.3, -0.25) is 4.90 Å². The summed E-state index contributed by atoms with van der Waals surface area (Å²) in [4.78, 5) is 27.3. The molecule has 1 aromatic carbocycles. The van der Waals surface area contributed by atoms with Gasteiger partial charge in [-0.2, -0.15) is 5.06 Å². The normalized spacial score (nSPS) is 28.7. The molecule has 0 bridgehead atoms. The summed E-state index contributed by atoms with van der Waals surface area (Å²) < 4.78 is 9.04. The van der Waals surface area contributed by atoms with E-state index < -0.39 is 44.5 Å². The average molecular weight is 539 g/mol. The van der Waals surface area contributed by atoms with E-state index >= 15 is 0 Å². The van der Waals surface area contributed by atoms with Gasteiger partial charge in [-0.25, -0.2) is 9.59 Å². The first-order valence-corrected chi connectivity index (χ1v) is 12.6. The number of para-hydroxylation sites is 1. The molecule has 4 rings (SSSR count). The molecule has 1 aromatic rings. The molecule has 8 nitrogen and oxygen atoms in total. The van der Waals surface area contributed by atoms with Gasteiger partial charge in [0.1, 0.15) is 18.4 Å². The zero-order valence-electron chi connectivity index (χ0n) is 18.4. The number of nitrogens with one attached hydrogen (secondary N) is 1. The average Bonchev–Trinajstić information content (AvgIpc) is 3.28. The van der Waals surface area contributed by atoms with Crippen molar-refractivity contribution in [2.45, 2.75) is 60.3 Å². The largest absolute Gasteiger partial charge is 0.453 e. The molecule has 0 radical (unpaired) electrons. The lowest BCUT2D eigenvalue weighted by Gasteiger charge is -2.34. The highest BCUT2D eigenvalue weighted by Crippen LogP contribution is 2.57. The summed E-state index contributed by atoms with van der Waals surface area (Å²) in [6.45, 7) is 5.44. The van der Waals surface area contributed by atoms with Crippen LogP contribution >= 0.6 is 46.6 Å². The van der Waals surface area contributed by atoms with E-state index in [0.29, 0.717) is 13.0 Å². The number of thioether (sulfide) groups is 1. The Morgan fingerprint density at radius 2 is 1.97 bits per heavy atom. The van der Waals surface area contributed by atoms with E-state index in [4.69, 9.17) is 44.3 Å². The summed E-state index contributed by atoms with van der Waals surface area (Å²) >= 11 is 17.9. The fourth-order valence-corrected chi connectivity index (χ4v) is 6.10. The van der Waals surface area contributed by atoms with E-state index in [0.717, 1.165) is 23.0 Å². The molecule has 1 spiro atoms. The van der Waals surface area contributed by atoms with Crippen LogP contribution in [0.5, 0.6) is 0 Å². The standard InChI is InChI=1S/C21H26Cl3N3O5S/c1-19(2,3)32-17(28)27-14(10-33-18(29)31-11-21(22,23)24)15-20(8-9-26(15)30)12-6-4-5-7-13(12)25-16(20)27/h4-7,14-16,25,30H,8-11H2,1-3H3/t14-,15-,16-,20?/m0/s1. The van der Waals surface area contributed by atoms with Crippen molar-refractivity contribution in [1.82, 2.24) is 9.96 Å². The maximum absolute atomic E-state index is 13.4. The second-order valence-electron chi connectivity index (χ2n) is 9.41. The summed E-state index contributed by atoms with van der Waals surface area (Å²) in [7, 11) is 0. The number of ether oxygens (including phenoxy) is 2. The quantitative estimate of drug-likeness (QED) is 0.410. The lowest BCUT2D eigenvalue weighted by atomic mass is 9.75. The Labute approximate surface area is 211 Å². The van der Waals surface area contributed by atoms with Crippen molar-refractivity contribution in [2.24, 2.45) is 0 Å². The van der Waals surface area contributed by atoms with Crippen LogP contribution in [0.3, 0.4) is 0 Å². The topological polar surface area (TPSA) is 91.3 Å². The summed E-state index contributed by atoms with van der Waals surface area (Å²) in [6, 6.07) is 6.87. The van der Waals surface area contributed by atoms with Gasteiger partial charge in [0.25, 0.3) is 0 Å². The third-order valence-electron chi connectivity index (χ3n) is 6.14. The van der Waals surface area contributed by atoms with Crippen LogP contribution in [-0.2, 0) is 14.9 Å². The Kier molecular flexibility index (Phi) is 6.70. The minimum Gasteiger partial charge on any atom is -0.453 e. The molecule has 12 heteroatoms. The molecule has 33 heavy (non-hydrogen) atoms. The van der Waals surface area contributed by atoms with E-state index in [2.05, 4.69) is 5.32 Å². The van der Waals surface area contributed by atoms with E-state index in [9.17, 15) is 14.8 Å². The van der Waals surface area contributed by atoms with Crippen LogP contribution < -0.4 is 5.32 Å². The number of carbonyl (C=O) groups excluding carboxylic acids is 2. The lowest BCUT2D eigenvalue weighted by Crippen LogP contribution is -2.51. The van der Waals surface area contributed by atoms with Gasteiger partial charge >= 0.3 is 11.4 Å². The van der Waals surface area contributed by atoms with Crippen LogP contribution in [0.4, 0.5) is 15.3 Å². The first kappa shape index (κ1) is 25.0. The Balaban J connectivity index is 1.65. The predicted octanol–water partition coefficient (Wildman–Crippen LogP) is 5.00. The van der Waals surface area contributed by atoms with Crippen molar-refractivity contribution in [2.75, 3.05) is 24.2 Å². The highest BCUT2D eigenvalue weighted by molar-refractivity contribution is 8.13. The second-order valence-corrected chi connectivity index (χ2v) is 12.9.